The van der Waals surface area contributed by atoms with E-state index in [0.29, 0.717) is 0 Å². The minimum atomic E-state index is -4.20. The molecule has 0 amide bonds. The van der Waals surface area contributed by atoms with Crippen LogP contribution in [0.5, 0.6) is 0 Å². The summed E-state index contributed by atoms with van der Waals surface area (Å²) in [6.07, 6.45) is 16.5. The molecule has 0 nitrogen and oxygen atoms in total. The average Bonchev–Trinajstić information content (AvgIpc) is 3.60. The number of allylic oxidation sites excluding steroid dienone is 8. The minimum absolute atomic E-state index is 0. The zero-order chi connectivity index (χ0) is 23.2. The minimum Gasteiger partial charge on any atom is -0.313 e. The first-order valence-corrected chi connectivity index (χ1v) is 11.5. The fraction of sp³-hybridized carbons (Fsp3) is 0.615. The SMILES string of the molecule is C1CC2CC[C-]1C2.C1CC2CC[C-]1C2.FC(F)(F)C1=[C-]CC=C1.FC(F)(F)C1=[C-]CC=C1.[Zr+2].[Zr+2]. The van der Waals surface area contributed by atoms with Crippen molar-refractivity contribution in [2.45, 2.75) is 89.4 Å². The molecule has 0 N–H and O–H groups in total. The summed E-state index contributed by atoms with van der Waals surface area (Å²) in [4.78, 5) is 0. The summed E-state index contributed by atoms with van der Waals surface area (Å²) < 4.78 is 69.7. The van der Waals surface area contributed by atoms with Crippen LogP contribution in [0.15, 0.2) is 35.5 Å². The van der Waals surface area contributed by atoms with Gasteiger partial charge in [0.05, 0.1) is 0 Å². The van der Waals surface area contributed by atoms with E-state index in [4.69, 9.17) is 0 Å². The number of alkyl halides is 6. The Labute approximate surface area is 238 Å². The van der Waals surface area contributed by atoms with Gasteiger partial charge in [-0.3, -0.25) is 12.2 Å². The van der Waals surface area contributed by atoms with Crippen LogP contribution in [0.4, 0.5) is 26.3 Å². The van der Waals surface area contributed by atoms with E-state index in [1.807, 2.05) is 11.8 Å². The van der Waals surface area contributed by atoms with Gasteiger partial charge in [-0.1, -0.05) is 37.5 Å². The van der Waals surface area contributed by atoms with Crippen molar-refractivity contribution in [2.75, 3.05) is 0 Å². The average molecular weight is 639 g/mol. The largest absolute Gasteiger partial charge is 2.00 e. The Hall–Kier alpha value is 0.306. The molecule has 6 aliphatic rings. The molecule has 4 bridgehead atoms. The van der Waals surface area contributed by atoms with Gasteiger partial charge in [-0.25, -0.2) is 12.2 Å². The van der Waals surface area contributed by atoms with Crippen molar-refractivity contribution in [3.05, 3.63) is 59.4 Å². The fourth-order valence-electron chi connectivity index (χ4n) is 5.00. The molecule has 0 spiro atoms. The van der Waals surface area contributed by atoms with E-state index in [-0.39, 0.29) is 65.2 Å². The normalized spacial score (nSPS) is 23.1. The van der Waals surface area contributed by atoms with E-state index in [0.717, 1.165) is 24.0 Å². The molecule has 0 radical (unpaired) electrons. The van der Waals surface area contributed by atoms with Gasteiger partial charge >= 0.3 is 64.8 Å². The van der Waals surface area contributed by atoms with Crippen molar-refractivity contribution in [2.24, 2.45) is 11.8 Å². The van der Waals surface area contributed by atoms with E-state index < -0.39 is 23.5 Å². The second-order valence-electron chi connectivity index (χ2n) is 9.18. The predicted molar refractivity (Wildman–Crippen MR) is 113 cm³/mol. The standard InChI is InChI=1S/2C7H11.2C6H4F3.2Zr/c2*1-2-7-4-3-6(1)5-7;2*7-6(8,9)5-3-1-2-4-5;;/h2*6H,1-5H2;2*1,3H,2H2;;/q4*-1;2*+2. The van der Waals surface area contributed by atoms with Crippen LogP contribution in [0.3, 0.4) is 0 Å². The van der Waals surface area contributed by atoms with E-state index in [1.54, 1.807) is 0 Å². The Morgan fingerprint density at radius 3 is 1.03 bits per heavy atom. The molecule has 0 atom stereocenters. The van der Waals surface area contributed by atoms with Gasteiger partial charge in [-0.15, -0.1) is 24.0 Å². The molecule has 4 saturated carbocycles. The van der Waals surface area contributed by atoms with Crippen LogP contribution in [0, 0.1) is 35.8 Å². The first-order chi connectivity index (χ1) is 15.1. The van der Waals surface area contributed by atoms with Crippen LogP contribution >= 0.6 is 0 Å². The van der Waals surface area contributed by atoms with Crippen molar-refractivity contribution in [1.82, 2.24) is 0 Å². The molecule has 0 aromatic carbocycles. The van der Waals surface area contributed by atoms with Crippen LogP contribution in [0.2, 0.25) is 0 Å². The third-order valence-corrected chi connectivity index (χ3v) is 6.78. The molecule has 6 aliphatic carbocycles. The maximum atomic E-state index is 11.6. The molecule has 4 fully saturated rings. The van der Waals surface area contributed by atoms with Crippen molar-refractivity contribution in [3.63, 3.8) is 0 Å². The molecule has 6 rings (SSSR count). The second kappa shape index (κ2) is 14.9. The molecule has 0 saturated heterocycles. The van der Waals surface area contributed by atoms with Gasteiger partial charge in [0, 0.05) is 0 Å². The van der Waals surface area contributed by atoms with Gasteiger partial charge in [0.15, 0.2) is 0 Å². The van der Waals surface area contributed by atoms with Crippen LogP contribution in [0.25, 0.3) is 0 Å². The van der Waals surface area contributed by atoms with Crippen molar-refractivity contribution >= 4 is 0 Å². The summed E-state index contributed by atoms with van der Waals surface area (Å²) >= 11 is 0. The third-order valence-electron chi connectivity index (χ3n) is 6.78. The Balaban J connectivity index is 0.000000223. The summed E-state index contributed by atoms with van der Waals surface area (Å²) in [6, 6.07) is 0. The van der Waals surface area contributed by atoms with Gasteiger partial charge < -0.3 is 11.8 Å². The van der Waals surface area contributed by atoms with Crippen LogP contribution < -0.4 is 0 Å². The number of fused-ring (bicyclic) bond motifs is 4. The Morgan fingerprint density at radius 2 is 0.941 bits per heavy atom. The molecule has 8 heteroatoms. The molecule has 0 aliphatic heterocycles. The number of hydrogen-bond acceptors (Lipinski definition) is 0. The Kier molecular flexibility index (Phi) is 14.2. The molecule has 184 valence electrons. The first-order valence-electron chi connectivity index (χ1n) is 11.5. The van der Waals surface area contributed by atoms with Gasteiger partial charge in [0.1, 0.15) is 0 Å². The van der Waals surface area contributed by atoms with Crippen LogP contribution in [0.1, 0.15) is 77.0 Å². The molecular formula is C26H30F6Zr2. The summed E-state index contributed by atoms with van der Waals surface area (Å²) in [5.41, 5.74) is -1.30. The Morgan fingerprint density at radius 1 is 0.618 bits per heavy atom. The maximum absolute atomic E-state index is 11.6. The molecule has 34 heavy (non-hydrogen) atoms. The topological polar surface area (TPSA) is 0 Å². The molecule has 0 heterocycles. The van der Waals surface area contributed by atoms with E-state index in [2.05, 4.69) is 12.2 Å². The summed E-state index contributed by atoms with van der Waals surface area (Å²) in [5.74, 6) is 6.00. The summed E-state index contributed by atoms with van der Waals surface area (Å²) in [7, 11) is 0. The van der Waals surface area contributed by atoms with Gasteiger partial charge in [0.2, 0.25) is 0 Å². The third kappa shape index (κ3) is 10.7. The zero-order valence-electron chi connectivity index (χ0n) is 19.2. The van der Waals surface area contributed by atoms with Crippen LogP contribution in [-0.4, -0.2) is 12.4 Å². The molecule has 0 unspecified atom stereocenters. The molecule has 0 aromatic rings. The van der Waals surface area contributed by atoms with Crippen LogP contribution in [-0.2, 0) is 52.4 Å². The number of hydrogen-bond donors (Lipinski definition) is 0. The monoisotopic (exact) mass is 636 g/mol. The summed E-state index contributed by atoms with van der Waals surface area (Å²) in [5, 5.41) is 0. The van der Waals surface area contributed by atoms with Crippen molar-refractivity contribution < 1.29 is 78.7 Å². The summed E-state index contributed by atoms with van der Waals surface area (Å²) in [6.45, 7) is 0. The second-order valence-corrected chi connectivity index (χ2v) is 9.18. The number of rotatable bonds is 0. The van der Waals surface area contributed by atoms with Gasteiger partial charge in [-0.05, 0) is 0 Å². The van der Waals surface area contributed by atoms with Gasteiger partial charge in [-0.2, -0.15) is 77.0 Å². The first kappa shape index (κ1) is 32.3. The number of halogens is 6. The smallest absolute Gasteiger partial charge is 0.313 e. The zero-order valence-corrected chi connectivity index (χ0v) is 24.1. The van der Waals surface area contributed by atoms with Crippen molar-refractivity contribution in [1.29, 1.82) is 0 Å². The molecular weight excluding hydrogens is 609 g/mol. The van der Waals surface area contributed by atoms with E-state index >= 15 is 0 Å². The van der Waals surface area contributed by atoms with Gasteiger partial charge in [0.25, 0.3) is 0 Å². The quantitative estimate of drug-likeness (QED) is 0.184. The Bertz CT molecular complexity index is 635. The predicted octanol–water partition coefficient (Wildman–Crippen LogP) is 8.78. The molecule has 0 aromatic heterocycles. The maximum Gasteiger partial charge on any atom is 2.00 e. The van der Waals surface area contributed by atoms with E-state index in [1.165, 1.54) is 76.4 Å². The van der Waals surface area contributed by atoms with E-state index in [9.17, 15) is 26.3 Å². The van der Waals surface area contributed by atoms with Crippen molar-refractivity contribution in [3.8, 4) is 0 Å². The fourth-order valence-corrected chi connectivity index (χ4v) is 5.00.